The average molecular weight is 439 g/mol. The lowest BCUT2D eigenvalue weighted by Gasteiger charge is -2.32. The van der Waals surface area contributed by atoms with Gasteiger partial charge in [0, 0.05) is 19.1 Å². The number of likely N-dealkylation sites (tertiary alicyclic amines) is 1. The molecule has 0 spiro atoms. The number of benzene rings is 2. The predicted molar refractivity (Wildman–Crippen MR) is 125 cm³/mol. The molecule has 0 atom stereocenters. The number of hydrogen-bond donors (Lipinski definition) is 1. The van der Waals surface area contributed by atoms with Gasteiger partial charge < -0.3 is 19.7 Å². The number of piperidine rings is 1. The van der Waals surface area contributed by atoms with Crippen molar-refractivity contribution >= 4 is 12.0 Å². The zero-order valence-corrected chi connectivity index (χ0v) is 19.5. The van der Waals surface area contributed by atoms with E-state index in [1.165, 1.54) is 5.56 Å². The summed E-state index contributed by atoms with van der Waals surface area (Å²) in [5, 5.41) is 2.91. The minimum absolute atomic E-state index is 0.00725. The second kappa shape index (κ2) is 10.5. The highest BCUT2D eigenvalue weighted by Gasteiger charge is 2.25. The molecule has 2 amide bonds. The van der Waals surface area contributed by atoms with Crippen molar-refractivity contribution in [3.8, 4) is 5.75 Å². The number of rotatable bonds is 6. The van der Waals surface area contributed by atoms with E-state index in [9.17, 15) is 9.59 Å². The van der Waals surface area contributed by atoms with Gasteiger partial charge in [-0.2, -0.15) is 0 Å². The summed E-state index contributed by atoms with van der Waals surface area (Å²) >= 11 is 0. The first-order valence-corrected chi connectivity index (χ1v) is 11.2. The average Bonchev–Trinajstić information content (AvgIpc) is 2.77. The maximum atomic E-state index is 12.7. The summed E-state index contributed by atoms with van der Waals surface area (Å²) in [6.45, 7) is 9.91. The van der Waals surface area contributed by atoms with Crippen LogP contribution in [0.4, 0.5) is 4.79 Å². The molecule has 1 aliphatic rings. The maximum absolute atomic E-state index is 12.7. The van der Waals surface area contributed by atoms with Crippen molar-refractivity contribution in [2.75, 3.05) is 19.7 Å². The van der Waals surface area contributed by atoms with E-state index in [1.807, 2.05) is 42.5 Å². The van der Waals surface area contributed by atoms with Gasteiger partial charge in [0.2, 0.25) is 0 Å². The molecule has 6 nitrogen and oxygen atoms in total. The first kappa shape index (κ1) is 23.6. The molecule has 1 fully saturated rings. The quantitative estimate of drug-likeness (QED) is 0.716. The van der Waals surface area contributed by atoms with E-state index in [-0.39, 0.29) is 30.6 Å². The van der Waals surface area contributed by atoms with Crippen molar-refractivity contribution in [3.63, 3.8) is 0 Å². The number of alkyl carbamates (subject to hydrolysis) is 1. The molecule has 0 aliphatic carbocycles. The van der Waals surface area contributed by atoms with Crippen LogP contribution >= 0.6 is 0 Å². The minimum atomic E-state index is -0.420. The van der Waals surface area contributed by atoms with Crippen molar-refractivity contribution in [3.05, 3.63) is 65.2 Å². The van der Waals surface area contributed by atoms with E-state index in [2.05, 4.69) is 39.1 Å². The largest absolute Gasteiger partial charge is 0.483 e. The van der Waals surface area contributed by atoms with Crippen LogP contribution in [0.1, 0.15) is 50.3 Å². The Morgan fingerprint density at radius 1 is 1.06 bits per heavy atom. The molecule has 6 heteroatoms. The van der Waals surface area contributed by atoms with Gasteiger partial charge in [-0.1, -0.05) is 68.8 Å². The van der Waals surface area contributed by atoms with Gasteiger partial charge in [0.05, 0.1) is 0 Å². The van der Waals surface area contributed by atoms with Crippen LogP contribution in [-0.4, -0.2) is 42.6 Å². The minimum Gasteiger partial charge on any atom is -0.483 e. The standard InChI is InChI=1S/C26H34N2O4/c1-19-10-11-23(22(16-19)26(2,3)4)31-18-24(29)28-14-12-21(13-15-28)27-25(30)32-17-20-8-6-5-7-9-20/h5-11,16,21H,12-15,17-18H2,1-4H3,(H,27,30). The second-order valence-electron chi connectivity index (χ2n) is 9.40. The molecule has 0 aromatic heterocycles. The number of amides is 2. The lowest BCUT2D eigenvalue weighted by molar-refractivity contribution is -0.134. The van der Waals surface area contributed by atoms with E-state index in [0.29, 0.717) is 25.9 Å². The van der Waals surface area contributed by atoms with Crippen LogP contribution in [0.3, 0.4) is 0 Å². The fraction of sp³-hybridized carbons (Fsp3) is 0.462. The molecule has 172 valence electrons. The van der Waals surface area contributed by atoms with Gasteiger partial charge in [0.1, 0.15) is 12.4 Å². The third-order valence-electron chi connectivity index (χ3n) is 5.68. The highest BCUT2D eigenvalue weighted by molar-refractivity contribution is 5.78. The Hall–Kier alpha value is -3.02. The molecular formula is C26H34N2O4. The maximum Gasteiger partial charge on any atom is 0.407 e. The fourth-order valence-corrected chi connectivity index (χ4v) is 3.79. The van der Waals surface area contributed by atoms with Gasteiger partial charge in [0.25, 0.3) is 5.91 Å². The number of carbonyl (C=O) groups is 2. The predicted octanol–water partition coefficient (Wildman–Crippen LogP) is 4.59. The molecule has 0 saturated carbocycles. The summed E-state index contributed by atoms with van der Waals surface area (Å²) in [6.07, 6.45) is 0.976. The molecule has 0 bridgehead atoms. The summed E-state index contributed by atoms with van der Waals surface area (Å²) in [7, 11) is 0. The molecule has 1 heterocycles. The Labute approximate surface area is 190 Å². The summed E-state index contributed by atoms with van der Waals surface area (Å²) < 4.78 is 11.2. The molecule has 1 saturated heterocycles. The summed E-state index contributed by atoms with van der Waals surface area (Å²) in [5.41, 5.74) is 3.16. The van der Waals surface area contributed by atoms with Crippen LogP contribution in [0.5, 0.6) is 5.75 Å². The lowest BCUT2D eigenvalue weighted by atomic mass is 9.85. The molecule has 0 unspecified atom stereocenters. The van der Waals surface area contributed by atoms with Crippen molar-refractivity contribution < 1.29 is 19.1 Å². The third kappa shape index (κ3) is 6.74. The molecule has 32 heavy (non-hydrogen) atoms. The first-order chi connectivity index (χ1) is 15.2. The van der Waals surface area contributed by atoms with E-state index >= 15 is 0 Å². The van der Waals surface area contributed by atoms with E-state index in [4.69, 9.17) is 9.47 Å². The van der Waals surface area contributed by atoms with Crippen LogP contribution in [0.2, 0.25) is 0 Å². The summed E-state index contributed by atoms with van der Waals surface area (Å²) in [5.74, 6) is 0.727. The first-order valence-electron chi connectivity index (χ1n) is 11.2. The Morgan fingerprint density at radius 3 is 2.41 bits per heavy atom. The topological polar surface area (TPSA) is 67.9 Å². The molecule has 1 N–H and O–H groups in total. The Kier molecular flexibility index (Phi) is 7.78. The molecule has 3 rings (SSSR count). The highest BCUT2D eigenvalue weighted by Crippen LogP contribution is 2.32. The second-order valence-corrected chi connectivity index (χ2v) is 9.40. The van der Waals surface area contributed by atoms with Crippen LogP contribution in [-0.2, 0) is 21.6 Å². The number of carbonyl (C=O) groups excluding carboxylic acids is 2. The van der Waals surface area contributed by atoms with Crippen LogP contribution in [0, 0.1) is 6.92 Å². The summed E-state index contributed by atoms with van der Waals surface area (Å²) in [4.78, 5) is 26.5. The molecule has 1 aliphatic heterocycles. The van der Waals surface area contributed by atoms with Crippen molar-refractivity contribution in [1.29, 1.82) is 0 Å². The molecular weight excluding hydrogens is 404 g/mol. The van der Waals surface area contributed by atoms with Crippen LogP contribution in [0.25, 0.3) is 0 Å². The fourth-order valence-electron chi connectivity index (χ4n) is 3.79. The van der Waals surface area contributed by atoms with Gasteiger partial charge in [-0.05, 0) is 42.4 Å². The zero-order valence-electron chi connectivity index (χ0n) is 19.5. The molecule has 2 aromatic carbocycles. The Balaban J connectivity index is 1.42. The van der Waals surface area contributed by atoms with E-state index < -0.39 is 6.09 Å². The van der Waals surface area contributed by atoms with Crippen LogP contribution < -0.4 is 10.1 Å². The zero-order chi connectivity index (χ0) is 23.1. The SMILES string of the molecule is Cc1ccc(OCC(=O)N2CCC(NC(=O)OCc3ccccc3)CC2)c(C(C)(C)C)c1. The van der Waals surface area contributed by atoms with E-state index in [0.717, 1.165) is 16.9 Å². The van der Waals surface area contributed by atoms with Gasteiger partial charge in [0.15, 0.2) is 6.61 Å². The normalized spacial score (nSPS) is 14.7. The van der Waals surface area contributed by atoms with Gasteiger partial charge in [-0.15, -0.1) is 0 Å². The third-order valence-corrected chi connectivity index (χ3v) is 5.68. The lowest BCUT2D eigenvalue weighted by Crippen LogP contribution is -2.47. The van der Waals surface area contributed by atoms with E-state index in [1.54, 1.807) is 4.90 Å². The van der Waals surface area contributed by atoms with Crippen molar-refractivity contribution in [1.82, 2.24) is 10.2 Å². The Morgan fingerprint density at radius 2 is 1.75 bits per heavy atom. The van der Waals surface area contributed by atoms with Crippen molar-refractivity contribution in [2.24, 2.45) is 0 Å². The van der Waals surface area contributed by atoms with Gasteiger partial charge in [-0.25, -0.2) is 4.79 Å². The monoisotopic (exact) mass is 438 g/mol. The number of ether oxygens (including phenoxy) is 2. The highest BCUT2D eigenvalue weighted by atomic mass is 16.5. The smallest absolute Gasteiger partial charge is 0.407 e. The number of aryl methyl sites for hydroxylation is 1. The number of nitrogens with zero attached hydrogens (tertiary/aromatic N) is 1. The van der Waals surface area contributed by atoms with Gasteiger partial charge in [-0.3, -0.25) is 4.79 Å². The van der Waals surface area contributed by atoms with Crippen LogP contribution in [0.15, 0.2) is 48.5 Å². The number of hydrogen-bond acceptors (Lipinski definition) is 4. The Bertz CT molecular complexity index is 913. The molecule has 0 radical (unpaired) electrons. The van der Waals surface area contributed by atoms with Gasteiger partial charge >= 0.3 is 6.09 Å². The molecule has 2 aromatic rings. The van der Waals surface area contributed by atoms with Crippen molar-refractivity contribution in [2.45, 2.75) is 58.6 Å². The number of nitrogens with one attached hydrogen (secondary N) is 1. The summed E-state index contributed by atoms with van der Waals surface area (Å²) in [6, 6.07) is 15.7.